The lowest BCUT2D eigenvalue weighted by molar-refractivity contribution is -0.684. The van der Waals surface area contributed by atoms with E-state index >= 15 is 0 Å². The Kier molecular flexibility index (Phi) is 6.65. The van der Waals surface area contributed by atoms with E-state index in [-0.39, 0.29) is 50.4 Å². The standard InChI is InChI=1S/C28H36NO3S.BrH/c1-20-23(33-19-29(20)12-22(30)21-8-6-5-7-9-21)10-11-32-24(31)28-16-25(2)13-26(3,17-28)15-27(4,14-25)18-28;/h5-9,19H,10-18H2,1-4H3;1H/q+1;/p-1. The Hall–Kier alpha value is -1.53. The van der Waals surface area contributed by atoms with Crippen LogP contribution in [-0.2, 0) is 22.5 Å². The van der Waals surface area contributed by atoms with Crippen LogP contribution in [-0.4, -0.2) is 18.4 Å². The topological polar surface area (TPSA) is 47.2 Å². The van der Waals surface area contributed by atoms with Crippen molar-refractivity contribution in [2.75, 3.05) is 6.61 Å². The van der Waals surface area contributed by atoms with Crippen LogP contribution in [0.3, 0.4) is 0 Å². The minimum atomic E-state index is -0.292. The quantitative estimate of drug-likeness (QED) is 0.305. The van der Waals surface area contributed by atoms with Crippen molar-refractivity contribution in [2.45, 2.75) is 79.2 Å². The lowest BCUT2D eigenvalue weighted by Gasteiger charge is -2.68. The third kappa shape index (κ3) is 4.65. The number of ketones is 1. The van der Waals surface area contributed by atoms with Crippen molar-refractivity contribution >= 4 is 23.1 Å². The summed E-state index contributed by atoms with van der Waals surface area (Å²) in [5, 5.41) is 0. The number of thiazole rings is 1. The van der Waals surface area contributed by atoms with Gasteiger partial charge >= 0.3 is 5.97 Å². The van der Waals surface area contributed by atoms with Crippen molar-refractivity contribution in [1.82, 2.24) is 0 Å². The van der Waals surface area contributed by atoms with Crippen LogP contribution < -0.4 is 21.5 Å². The van der Waals surface area contributed by atoms with E-state index < -0.39 is 0 Å². The van der Waals surface area contributed by atoms with Crippen molar-refractivity contribution in [1.29, 1.82) is 0 Å². The van der Waals surface area contributed by atoms with Crippen LogP contribution in [0.5, 0.6) is 0 Å². The molecule has 1 aromatic heterocycles. The molecule has 0 unspecified atom stereocenters. The van der Waals surface area contributed by atoms with Gasteiger partial charge in [-0.2, -0.15) is 4.57 Å². The lowest BCUT2D eigenvalue weighted by Crippen LogP contribution is -3.00. The zero-order chi connectivity index (χ0) is 23.5. The molecule has 6 heteroatoms. The van der Waals surface area contributed by atoms with Gasteiger partial charge in [0, 0.05) is 18.9 Å². The molecule has 0 atom stereocenters. The molecule has 34 heavy (non-hydrogen) atoms. The van der Waals surface area contributed by atoms with Crippen molar-refractivity contribution in [2.24, 2.45) is 21.7 Å². The second-order valence-corrected chi connectivity index (χ2v) is 13.2. The van der Waals surface area contributed by atoms with Crippen LogP contribution in [0, 0.1) is 28.6 Å². The smallest absolute Gasteiger partial charge is 0.312 e. The highest BCUT2D eigenvalue weighted by atomic mass is 79.9. The summed E-state index contributed by atoms with van der Waals surface area (Å²) in [7, 11) is 0. The number of nitrogens with zero attached hydrogens (tertiary/aromatic N) is 1. The number of hydrogen-bond donors (Lipinski definition) is 0. The summed E-state index contributed by atoms with van der Waals surface area (Å²) in [4.78, 5) is 27.2. The third-order valence-electron chi connectivity index (χ3n) is 8.42. The van der Waals surface area contributed by atoms with Crippen LogP contribution in [0.25, 0.3) is 0 Å². The Balaban J connectivity index is 0.00000274. The molecule has 4 nitrogen and oxygen atoms in total. The molecule has 0 amide bonds. The Morgan fingerprint density at radius 2 is 1.50 bits per heavy atom. The monoisotopic (exact) mass is 545 g/mol. The first kappa shape index (κ1) is 25.6. The van der Waals surface area contributed by atoms with Crippen LogP contribution >= 0.6 is 11.3 Å². The molecule has 0 aliphatic heterocycles. The molecule has 0 spiro atoms. The Morgan fingerprint density at radius 3 is 2.06 bits per heavy atom. The summed E-state index contributed by atoms with van der Waals surface area (Å²) < 4.78 is 7.98. The summed E-state index contributed by atoms with van der Waals surface area (Å²) in [6, 6.07) is 9.42. The molecular weight excluding hydrogens is 510 g/mol. The van der Waals surface area contributed by atoms with Crippen LogP contribution in [0.2, 0.25) is 0 Å². The van der Waals surface area contributed by atoms with E-state index in [1.54, 1.807) is 11.3 Å². The molecule has 1 heterocycles. The van der Waals surface area contributed by atoms with Crippen LogP contribution in [0.1, 0.15) is 80.2 Å². The first-order valence-corrected chi connectivity index (χ1v) is 13.1. The molecule has 2 aromatic rings. The SMILES string of the molecule is Cc1c(CCOC(=O)C23CC4(C)CC(C)(CC(C)(C4)C2)C3)sc[n+]1CC(=O)c1ccccc1.[Br-]. The number of rotatable bonds is 7. The van der Waals surface area contributed by atoms with Gasteiger partial charge in [0.05, 0.1) is 16.9 Å². The Labute approximate surface area is 217 Å². The molecule has 4 aliphatic rings. The number of halogens is 1. The molecule has 4 saturated carbocycles. The molecule has 184 valence electrons. The van der Waals surface area contributed by atoms with Gasteiger partial charge < -0.3 is 21.7 Å². The second-order valence-electron chi connectivity index (χ2n) is 12.3. The maximum absolute atomic E-state index is 13.4. The molecule has 0 radical (unpaired) electrons. The number of aromatic nitrogens is 1. The second kappa shape index (κ2) is 8.85. The predicted octanol–water partition coefficient (Wildman–Crippen LogP) is 2.70. The molecule has 1 aromatic carbocycles. The summed E-state index contributed by atoms with van der Waals surface area (Å²) in [6.07, 6.45) is 7.43. The zero-order valence-electron chi connectivity index (χ0n) is 20.8. The fourth-order valence-electron chi connectivity index (χ4n) is 8.62. The zero-order valence-corrected chi connectivity index (χ0v) is 23.2. The maximum atomic E-state index is 13.4. The summed E-state index contributed by atoms with van der Waals surface area (Å²) in [5.41, 5.74) is 4.37. The highest BCUT2D eigenvalue weighted by Gasteiger charge is 2.66. The normalized spacial score (nSPS) is 33.4. The molecule has 0 N–H and O–H groups in total. The number of carbonyl (C=O) groups is 2. The van der Waals surface area contributed by atoms with Gasteiger partial charge in [-0.05, 0) is 54.8 Å². The van der Waals surface area contributed by atoms with Crippen LogP contribution in [0.4, 0.5) is 0 Å². The van der Waals surface area contributed by atoms with Gasteiger partial charge in [0.15, 0.2) is 5.69 Å². The molecule has 4 bridgehead atoms. The molecule has 6 rings (SSSR count). The average Bonchev–Trinajstić information content (AvgIpc) is 3.04. The van der Waals surface area contributed by atoms with Gasteiger partial charge in [-0.15, -0.1) is 0 Å². The van der Waals surface area contributed by atoms with Gasteiger partial charge in [-0.1, -0.05) is 62.4 Å². The lowest BCUT2D eigenvalue weighted by atomic mass is 9.36. The number of carbonyl (C=O) groups excluding carboxylic acids is 2. The average molecular weight is 547 g/mol. The summed E-state index contributed by atoms with van der Waals surface area (Å²) in [6.45, 7) is 9.99. The van der Waals surface area contributed by atoms with Gasteiger partial charge in [0.25, 0.3) is 0 Å². The molecule has 4 aliphatic carbocycles. The van der Waals surface area contributed by atoms with E-state index in [2.05, 4.69) is 20.8 Å². The van der Waals surface area contributed by atoms with Crippen LogP contribution in [0.15, 0.2) is 35.8 Å². The molecular formula is C28H36BrNO3S. The fourth-order valence-corrected chi connectivity index (χ4v) is 9.59. The van der Waals surface area contributed by atoms with E-state index in [0.29, 0.717) is 19.6 Å². The number of hydrogen-bond acceptors (Lipinski definition) is 4. The minimum absolute atomic E-state index is 0. The van der Waals surface area contributed by atoms with Crippen molar-refractivity contribution in [3.05, 3.63) is 52.0 Å². The van der Waals surface area contributed by atoms with Gasteiger partial charge in [0.2, 0.25) is 17.8 Å². The minimum Gasteiger partial charge on any atom is -1.00 e. The molecule has 4 fully saturated rings. The number of Topliss-reactive ketones (excluding diaryl/α,β-unsaturated/α-hetero) is 1. The molecule has 0 saturated heterocycles. The van der Waals surface area contributed by atoms with Gasteiger partial charge in [-0.25, -0.2) is 0 Å². The number of benzene rings is 1. The predicted molar refractivity (Wildman–Crippen MR) is 129 cm³/mol. The van der Waals surface area contributed by atoms with Crippen molar-refractivity contribution in [3.8, 4) is 0 Å². The van der Waals surface area contributed by atoms with E-state index in [9.17, 15) is 9.59 Å². The summed E-state index contributed by atoms with van der Waals surface area (Å²) >= 11 is 1.64. The van der Waals surface area contributed by atoms with E-state index in [1.165, 1.54) is 24.1 Å². The fraction of sp³-hybridized carbons (Fsp3) is 0.607. The number of ether oxygens (including phenoxy) is 1. The third-order valence-corrected chi connectivity index (χ3v) is 9.56. The van der Waals surface area contributed by atoms with Gasteiger partial charge in [0.1, 0.15) is 0 Å². The Morgan fingerprint density at radius 1 is 0.941 bits per heavy atom. The van der Waals surface area contributed by atoms with Gasteiger partial charge in [-0.3, -0.25) is 9.59 Å². The first-order chi connectivity index (χ1) is 15.5. The highest BCUT2D eigenvalue weighted by molar-refractivity contribution is 7.09. The maximum Gasteiger partial charge on any atom is 0.312 e. The van der Waals surface area contributed by atoms with Crippen molar-refractivity contribution < 1.29 is 35.9 Å². The summed E-state index contributed by atoms with van der Waals surface area (Å²) in [5.74, 6) is 0.142. The van der Waals surface area contributed by atoms with E-state index in [1.807, 2.05) is 47.3 Å². The van der Waals surface area contributed by atoms with E-state index in [4.69, 9.17) is 4.74 Å². The number of esters is 1. The largest absolute Gasteiger partial charge is 1.00 e. The first-order valence-electron chi connectivity index (χ1n) is 12.2. The highest BCUT2D eigenvalue weighted by Crippen LogP contribution is 2.73. The Bertz CT molecular complexity index is 1040. The van der Waals surface area contributed by atoms with E-state index in [0.717, 1.165) is 30.5 Å². The van der Waals surface area contributed by atoms with Crippen molar-refractivity contribution in [3.63, 3.8) is 0 Å².